The van der Waals surface area contributed by atoms with E-state index in [4.69, 9.17) is 11.6 Å². The van der Waals surface area contributed by atoms with Gasteiger partial charge in [-0.15, -0.1) is 11.8 Å². The minimum atomic E-state index is -4.92. The van der Waals surface area contributed by atoms with Gasteiger partial charge in [0.2, 0.25) is 0 Å². The number of nitrogens with one attached hydrogen (secondary N) is 1. The third-order valence-corrected chi connectivity index (χ3v) is 7.38. The SMILES string of the molecule is CCCSc1cc(C(C)(C)C)c(O)c(C(=O)Nc2ccc(S(=O)C(F)(F)F)cc2Cl)c1C. The molecule has 0 saturated carbocycles. The summed E-state index contributed by atoms with van der Waals surface area (Å²) in [6.45, 7) is 9.53. The van der Waals surface area contributed by atoms with E-state index in [9.17, 15) is 27.3 Å². The summed E-state index contributed by atoms with van der Waals surface area (Å²) in [7, 11) is -3.23. The number of halogens is 4. The summed E-state index contributed by atoms with van der Waals surface area (Å²) in [4.78, 5) is 13.5. The Labute approximate surface area is 197 Å². The summed E-state index contributed by atoms with van der Waals surface area (Å²) in [5.41, 5.74) is -4.03. The van der Waals surface area contributed by atoms with E-state index in [1.165, 1.54) is 0 Å². The van der Waals surface area contributed by atoms with Crippen LogP contribution in [0.25, 0.3) is 0 Å². The van der Waals surface area contributed by atoms with Gasteiger partial charge in [0.1, 0.15) is 5.75 Å². The molecule has 2 aromatic carbocycles. The smallest absolute Gasteiger partial charge is 0.475 e. The molecule has 0 aliphatic carbocycles. The first-order valence-corrected chi connectivity index (χ1v) is 12.3. The van der Waals surface area contributed by atoms with Gasteiger partial charge in [-0.25, -0.2) is 4.21 Å². The molecule has 0 saturated heterocycles. The average Bonchev–Trinajstić information content (AvgIpc) is 2.66. The molecule has 176 valence electrons. The lowest BCUT2D eigenvalue weighted by Crippen LogP contribution is -2.19. The molecule has 0 fully saturated rings. The zero-order valence-electron chi connectivity index (χ0n) is 18.3. The van der Waals surface area contributed by atoms with Crippen molar-refractivity contribution in [3.63, 3.8) is 0 Å². The van der Waals surface area contributed by atoms with E-state index in [1.54, 1.807) is 18.7 Å². The van der Waals surface area contributed by atoms with Crippen molar-refractivity contribution in [2.45, 2.75) is 61.8 Å². The topological polar surface area (TPSA) is 66.4 Å². The Morgan fingerprint density at radius 3 is 2.34 bits per heavy atom. The maximum Gasteiger partial charge on any atom is 0.475 e. The third-order valence-electron chi connectivity index (χ3n) is 4.62. The largest absolute Gasteiger partial charge is 0.507 e. The van der Waals surface area contributed by atoms with Gasteiger partial charge in [-0.05, 0) is 54.3 Å². The van der Waals surface area contributed by atoms with Crippen LogP contribution in [0.1, 0.15) is 55.6 Å². The molecule has 1 unspecified atom stereocenters. The van der Waals surface area contributed by atoms with Crippen molar-refractivity contribution in [3.05, 3.63) is 46.0 Å². The second kappa shape index (κ2) is 10.1. The maximum absolute atomic E-state index is 13.1. The van der Waals surface area contributed by atoms with E-state index in [-0.39, 0.29) is 22.0 Å². The van der Waals surface area contributed by atoms with Crippen LogP contribution >= 0.6 is 23.4 Å². The van der Waals surface area contributed by atoms with Crippen LogP contribution < -0.4 is 5.32 Å². The van der Waals surface area contributed by atoms with Crippen molar-refractivity contribution < 1.29 is 27.3 Å². The molecule has 0 aliphatic rings. The van der Waals surface area contributed by atoms with Crippen LogP contribution in [0, 0.1) is 6.92 Å². The highest BCUT2D eigenvalue weighted by Crippen LogP contribution is 2.40. The number of aromatic hydroxyl groups is 1. The molecule has 0 bridgehead atoms. The highest BCUT2D eigenvalue weighted by molar-refractivity contribution is 7.99. The molecular formula is C22H25ClF3NO3S2. The van der Waals surface area contributed by atoms with Crippen molar-refractivity contribution in [2.75, 3.05) is 11.1 Å². The minimum Gasteiger partial charge on any atom is -0.507 e. The zero-order valence-corrected chi connectivity index (χ0v) is 20.7. The van der Waals surface area contributed by atoms with E-state index in [1.807, 2.05) is 33.8 Å². The van der Waals surface area contributed by atoms with Gasteiger partial charge in [0.25, 0.3) is 5.91 Å². The number of phenols is 1. The molecule has 4 nitrogen and oxygen atoms in total. The summed E-state index contributed by atoms with van der Waals surface area (Å²) in [5.74, 6) is 0.0372. The Hall–Kier alpha value is -1.71. The fourth-order valence-corrected chi connectivity index (χ4v) is 4.91. The van der Waals surface area contributed by atoms with E-state index in [0.717, 1.165) is 35.3 Å². The van der Waals surface area contributed by atoms with E-state index >= 15 is 0 Å². The van der Waals surface area contributed by atoms with Gasteiger partial charge in [0.15, 0.2) is 10.8 Å². The van der Waals surface area contributed by atoms with Crippen LogP contribution in [0.2, 0.25) is 5.02 Å². The predicted octanol–water partition coefficient (Wildman–Crippen LogP) is 7.03. The molecule has 2 N–H and O–H groups in total. The number of alkyl halides is 3. The predicted molar refractivity (Wildman–Crippen MR) is 124 cm³/mol. The number of anilines is 1. The summed E-state index contributed by atoms with van der Waals surface area (Å²) in [5, 5.41) is 13.3. The van der Waals surface area contributed by atoms with Crippen molar-refractivity contribution in [2.24, 2.45) is 0 Å². The van der Waals surface area contributed by atoms with Crippen molar-refractivity contribution in [1.82, 2.24) is 0 Å². The van der Waals surface area contributed by atoms with Crippen LogP contribution in [-0.4, -0.2) is 26.5 Å². The van der Waals surface area contributed by atoms with Crippen molar-refractivity contribution in [3.8, 4) is 5.75 Å². The quantitative estimate of drug-likeness (QED) is 0.412. The van der Waals surface area contributed by atoms with Gasteiger partial charge in [-0.3, -0.25) is 4.79 Å². The first-order chi connectivity index (χ1) is 14.7. The van der Waals surface area contributed by atoms with Crippen molar-refractivity contribution >= 4 is 45.8 Å². The van der Waals surface area contributed by atoms with Gasteiger partial charge in [0.05, 0.1) is 16.3 Å². The van der Waals surface area contributed by atoms with Crippen LogP contribution in [0.4, 0.5) is 18.9 Å². The third kappa shape index (κ3) is 5.99. The number of benzene rings is 2. The number of hydrogen-bond acceptors (Lipinski definition) is 4. The molecule has 0 aromatic heterocycles. The highest BCUT2D eigenvalue weighted by atomic mass is 35.5. The van der Waals surface area contributed by atoms with Gasteiger partial charge in [-0.1, -0.05) is 39.3 Å². The Kier molecular flexibility index (Phi) is 8.34. The molecule has 2 aromatic rings. The lowest BCUT2D eigenvalue weighted by Gasteiger charge is -2.25. The fraction of sp³-hybridized carbons (Fsp3) is 0.409. The second-order valence-electron chi connectivity index (χ2n) is 8.18. The number of amides is 1. The molecule has 1 atom stereocenters. The lowest BCUT2D eigenvalue weighted by molar-refractivity contribution is -0.0384. The number of carbonyl (C=O) groups excluding carboxylic acids is 1. The first kappa shape index (κ1) is 26.5. The van der Waals surface area contributed by atoms with Crippen LogP contribution in [0.3, 0.4) is 0 Å². The number of hydrogen-bond donors (Lipinski definition) is 2. The standard InChI is InChI=1S/C22H25ClF3NO3S2/c1-6-9-31-17-11-14(21(3,4)5)19(28)18(12(17)2)20(29)27-16-8-7-13(10-15(16)23)32(30)22(24,25)26/h7-8,10-11,28H,6,9H2,1-5H3,(H,27,29). The molecule has 0 spiro atoms. The number of phenolic OH excluding ortho intramolecular Hbond substituents is 1. The normalized spacial score (nSPS) is 13.2. The van der Waals surface area contributed by atoms with Gasteiger partial charge >= 0.3 is 5.51 Å². The molecular weight excluding hydrogens is 483 g/mol. The molecule has 0 aliphatic heterocycles. The summed E-state index contributed by atoms with van der Waals surface area (Å²) in [6, 6.07) is 4.94. The Balaban J connectivity index is 2.48. The Morgan fingerprint density at radius 1 is 1.22 bits per heavy atom. The number of carbonyl (C=O) groups is 1. The van der Waals surface area contributed by atoms with Crippen LogP contribution in [-0.2, 0) is 16.2 Å². The highest BCUT2D eigenvalue weighted by Gasteiger charge is 2.38. The summed E-state index contributed by atoms with van der Waals surface area (Å²) in [6.07, 6.45) is 0.929. The molecule has 10 heteroatoms. The minimum absolute atomic E-state index is 0.0438. The summed E-state index contributed by atoms with van der Waals surface area (Å²) < 4.78 is 49.6. The molecule has 0 radical (unpaired) electrons. The lowest BCUT2D eigenvalue weighted by atomic mass is 9.84. The van der Waals surface area contributed by atoms with E-state index < -0.39 is 32.5 Å². The Morgan fingerprint density at radius 2 is 1.84 bits per heavy atom. The molecule has 0 heterocycles. The van der Waals surface area contributed by atoms with E-state index in [2.05, 4.69) is 5.32 Å². The molecule has 2 rings (SSSR count). The molecule has 1 amide bonds. The van der Waals surface area contributed by atoms with Crippen LogP contribution in [0.5, 0.6) is 5.75 Å². The maximum atomic E-state index is 13.1. The fourth-order valence-electron chi connectivity index (χ4n) is 2.99. The monoisotopic (exact) mass is 507 g/mol. The van der Waals surface area contributed by atoms with E-state index in [0.29, 0.717) is 11.1 Å². The summed E-state index contributed by atoms with van der Waals surface area (Å²) >= 11 is 7.63. The average molecular weight is 508 g/mol. The van der Waals surface area contributed by atoms with Gasteiger partial charge in [-0.2, -0.15) is 13.2 Å². The first-order valence-electron chi connectivity index (χ1n) is 9.77. The zero-order chi connectivity index (χ0) is 24.4. The van der Waals surface area contributed by atoms with Crippen molar-refractivity contribution in [1.29, 1.82) is 0 Å². The van der Waals surface area contributed by atoms with Crippen LogP contribution in [0.15, 0.2) is 34.1 Å². The second-order valence-corrected chi connectivity index (χ2v) is 11.2. The number of thioether (sulfide) groups is 1. The van der Waals surface area contributed by atoms with Gasteiger partial charge < -0.3 is 10.4 Å². The number of rotatable bonds is 6. The Bertz CT molecular complexity index is 1050. The van der Waals surface area contributed by atoms with Gasteiger partial charge in [0, 0.05) is 15.4 Å². The molecule has 32 heavy (non-hydrogen) atoms.